The second kappa shape index (κ2) is 15.5. The standard InChI is InChI=1S/C32H35NO8S/c34-19-22-7-9-23(10-8-22)28-17-26(20-42-27-15-13-24(14-16-27)31(38)39)40-32(41-28)25-11-5-21(6-12-25)18-33-29(35)3-1-2-4-30(36)37/h5-16,26,28,32,34H,1-4,17-20H2,(H,33,35)(H,36,37)(H,38,39)/t26-,28+,32+/m1/s1. The number of carboxylic acids is 2. The molecule has 0 radical (unpaired) electrons. The first-order valence-electron chi connectivity index (χ1n) is 13.8. The number of aromatic carboxylic acids is 1. The zero-order valence-corrected chi connectivity index (χ0v) is 23.9. The van der Waals surface area contributed by atoms with Crippen LogP contribution in [0.4, 0.5) is 0 Å². The van der Waals surface area contributed by atoms with Gasteiger partial charge >= 0.3 is 11.9 Å². The zero-order chi connectivity index (χ0) is 29.9. The topological polar surface area (TPSA) is 142 Å². The van der Waals surface area contributed by atoms with Crippen LogP contribution in [0.25, 0.3) is 0 Å². The van der Waals surface area contributed by atoms with E-state index in [9.17, 15) is 19.5 Å². The van der Waals surface area contributed by atoms with Crippen molar-refractivity contribution in [3.8, 4) is 0 Å². The van der Waals surface area contributed by atoms with Crippen molar-refractivity contribution >= 4 is 29.6 Å². The van der Waals surface area contributed by atoms with Crippen LogP contribution in [0.5, 0.6) is 0 Å². The molecule has 4 N–H and O–H groups in total. The lowest BCUT2D eigenvalue weighted by Crippen LogP contribution is -2.31. The number of thioether (sulfide) groups is 1. The fourth-order valence-corrected chi connectivity index (χ4v) is 5.47. The summed E-state index contributed by atoms with van der Waals surface area (Å²) < 4.78 is 12.8. The van der Waals surface area contributed by atoms with E-state index >= 15 is 0 Å². The molecule has 42 heavy (non-hydrogen) atoms. The first-order chi connectivity index (χ1) is 20.3. The Balaban J connectivity index is 1.39. The summed E-state index contributed by atoms with van der Waals surface area (Å²) in [5, 5.41) is 30.2. The molecule has 0 aromatic heterocycles. The van der Waals surface area contributed by atoms with E-state index in [-0.39, 0.29) is 36.7 Å². The van der Waals surface area contributed by atoms with Gasteiger partial charge in [0.25, 0.3) is 0 Å². The molecular weight excluding hydrogens is 558 g/mol. The molecule has 3 atom stereocenters. The fraction of sp³-hybridized carbons (Fsp3) is 0.344. The van der Waals surface area contributed by atoms with Gasteiger partial charge in [-0.2, -0.15) is 0 Å². The molecule has 0 bridgehead atoms. The maximum atomic E-state index is 12.1. The minimum Gasteiger partial charge on any atom is -0.481 e. The molecular formula is C32H35NO8S. The van der Waals surface area contributed by atoms with Crippen molar-refractivity contribution in [1.82, 2.24) is 5.32 Å². The second-order valence-corrected chi connectivity index (χ2v) is 11.2. The number of unbranched alkanes of at least 4 members (excludes halogenated alkanes) is 1. The minimum atomic E-state index is -0.960. The van der Waals surface area contributed by atoms with Crippen molar-refractivity contribution in [1.29, 1.82) is 0 Å². The number of hydrogen-bond acceptors (Lipinski definition) is 7. The number of aliphatic hydroxyl groups is 1. The van der Waals surface area contributed by atoms with E-state index in [4.69, 9.17) is 19.7 Å². The molecule has 1 fully saturated rings. The van der Waals surface area contributed by atoms with Gasteiger partial charge in [0.1, 0.15) is 0 Å². The lowest BCUT2D eigenvalue weighted by Gasteiger charge is -2.36. The van der Waals surface area contributed by atoms with Crippen LogP contribution in [0.15, 0.2) is 77.7 Å². The molecule has 0 saturated carbocycles. The van der Waals surface area contributed by atoms with Gasteiger partial charge in [-0.1, -0.05) is 48.5 Å². The zero-order valence-electron chi connectivity index (χ0n) is 23.1. The highest BCUT2D eigenvalue weighted by Gasteiger charge is 2.32. The fourth-order valence-electron chi connectivity index (χ4n) is 4.55. The SMILES string of the molecule is O=C(O)CCCCC(=O)NCc1ccc([C@H]2O[C@@H](CSc3ccc(C(=O)O)cc3)C[C@@H](c3ccc(CO)cc3)O2)cc1. The van der Waals surface area contributed by atoms with Crippen LogP contribution < -0.4 is 5.32 Å². The van der Waals surface area contributed by atoms with Gasteiger partial charge in [-0.15, -0.1) is 11.8 Å². The molecule has 1 aliphatic heterocycles. The van der Waals surface area contributed by atoms with E-state index in [1.165, 1.54) is 0 Å². The summed E-state index contributed by atoms with van der Waals surface area (Å²) in [6.07, 6.45) is 1.01. The summed E-state index contributed by atoms with van der Waals surface area (Å²) in [5.41, 5.74) is 3.82. The molecule has 1 aliphatic rings. The molecule has 10 heteroatoms. The van der Waals surface area contributed by atoms with Gasteiger partial charge in [0.2, 0.25) is 5.91 Å². The molecule has 1 saturated heterocycles. The number of aliphatic carboxylic acids is 1. The summed E-state index contributed by atoms with van der Waals surface area (Å²) in [6, 6.07) is 22.1. The average molecular weight is 594 g/mol. The maximum Gasteiger partial charge on any atom is 0.335 e. The molecule has 0 unspecified atom stereocenters. The lowest BCUT2D eigenvalue weighted by atomic mass is 10.0. The molecule has 3 aromatic carbocycles. The van der Waals surface area contributed by atoms with Crippen LogP contribution in [0.2, 0.25) is 0 Å². The van der Waals surface area contributed by atoms with Gasteiger partial charge in [-0.05, 0) is 53.8 Å². The van der Waals surface area contributed by atoms with Gasteiger partial charge in [-0.25, -0.2) is 4.79 Å². The predicted molar refractivity (Wildman–Crippen MR) is 157 cm³/mol. The Hall–Kier alpha value is -3.70. The number of hydrogen-bond donors (Lipinski definition) is 4. The van der Waals surface area contributed by atoms with E-state index < -0.39 is 18.2 Å². The number of carboxylic acid groups (broad SMARTS) is 2. The van der Waals surface area contributed by atoms with E-state index in [2.05, 4.69) is 5.32 Å². The Kier molecular flexibility index (Phi) is 11.5. The Morgan fingerprint density at radius 3 is 2.10 bits per heavy atom. The Bertz CT molecular complexity index is 1330. The second-order valence-electron chi connectivity index (χ2n) is 10.1. The summed E-state index contributed by atoms with van der Waals surface area (Å²) in [6.45, 7) is 0.333. The number of carbonyl (C=O) groups excluding carboxylic acids is 1. The minimum absolute atomic E-state index is 0.0327. The molecule has 4 rings (SSSR count). The average Bonchev–Trinajstić information content (AvgIpc) is 3.01. The smallest absolute Gasteiger partial charge is 0.335 e. The monoisotopic (exact) mass is 593 g/mol. The molecule has 0 aliphatic carbocycles. The lowest BCUT2D eigenvalue weighted by molar-refractivity contribution is -0.245. The number of carbonyl (C=O) groups is 3. The Morgan fingerprint density at radius 2 is 1.45 bits per heavy atom. The molecule has 3 aromatic rings. The molecule has 0 spiro atoms. The summed E-state index contributed by atoms with van der Waals surface area (Å²) in [5.74, 6) is -1.28. The van der Waals surface area contributed by atoms with Crippen molar-refractivity contribution in [2.75, 3.05) is 5.75 Å². The summed E-state index contributed by atoms with van der Waals surface area (Å²) >= 11 is 1.59. The largest absolute Gasteiger partial charge is 0.481 e. The van der Waals surface area contributed by atoms with Crippen molar-refractivity contribution in [2.45, 2.75) is 68.6 Å². The van der Waals surface area contributed by atoms with E-state index in [1.54, 1.807) is 36.0 Å². The van der Waals surface area contributed by atoms with Crippen LogP contribution in [0, 0.1) is 0 Å². The number of aliphatic hydroxyl groups excluding tert-OH is 1. The van der Waals surface area contributed by atoms with Crippen LogP contribution in [0.1, 0.15) is 77.1 Å². The maximum absolute atomic E-state index is 12.1. The van der Waals surface area contributed by atoms with Gasteiger partial charge in [0.05, 0.1) is 24.4 Å². The van der Waals surface area contributed by atoms with Gasteiger partial charge in [0, 0.05) is 42.0 Å². The third-order valence-corrected chi connectivity index (χ3v) is 8.08. The van der Waals surface area contributed by atoms with E-state index in [0.717, 1.165) is 27.1 Å². The van der Waals surface area contributed by atoms with Crippen LogP contribution in [-0.2, 0) is 32.2 Å². The van der Waals surface area contributed by atoms with Crippen LogP contribution in [-0.4, -0.2) is 45.0 Å². The molecule has 1 heterocycles. The third kappa shape index (κ3) is 9.42. The van der Waals surface area contributed by atoms with Crippen molar-refractivity contribution in [3.05, 3.63) is 101 Å². The molecule has 1 amide bonds. The number of nitrogens with one attached hydrogen (secondary N) is 1. The third-order valence-electron chi connectivity index (χ3n) is 6.94. The van der Waals surface area contributed by atoms with E-state index in [1.807, 2.05) is 48.5 Å². The first kappa shape index (κ1) is 31.2. The first-order valence-corrected chi connectivity index (χ1v) is 14.8. The summed E-state index contributed by atoms with van der Waals surface area (Å²) in [7, 11) is 0. The van der Waals surface area contributed by atoms with Crippen molar-refractivity contribution in [3.63, 3.8) is 0 Å². The van der Waals surface area contributed by atoms with Crippen molar-refractivity contribution < 1.29 is 39.2 Å². The Morgan fingerprint density at radius 1 is 0.810 bits per heavy atom. The highest BCUT2D eigenvalue weighted by molar-refractivity contribution is 7.99. The number of benzene rings is 3. The van der Waals surface area contributed by atoms with Gasteiger partial charge in [-0.3, -0.25) is 9.59 Å². The van der Waals surface area contributed by atoms with Gasteiger partial charge in [0.15, 0.2) is 6.29 Å². The molecule has 222 valence electrons. The number of ether oxygens (including phenoxy) is 2. The van der Waals surface area contributed by atoms with Crippen LogP contribution in [0.3, 0.4) is 0 Å². The van der Waals surface area contributed by atoms with Crippen LogP contribution >= 0.6 is 11.8 Å². The quantitative estimate of drug-likeness (QED) is 0.141. The highest BCUT2D eigenvalue weighted by Crippen LogP contribution is 2.39. The molecule has 9 nitrogen and oxygen atoms in total. The Labute approximate surface area is 248 Å². The van der Waals surface area contributed by atoms with Gasteiger partial charge < -0.3 is 30.1 Å². The highest BCUT2D eigenvalue weighted by atomic mass is 32.2. The van der Waals surface area contributed by atoms with Crippen molar-refractivity contribution in [2.24, 2.45) is 0 Å². The number of rotatable bonds is 14. The van der Waals surface area contributed by atoms with E-state index in [0.29, 0.717) is 38.0 Å². The number of amides is 1. The summed E-state index contributed by atoms with van der Waals surface area (Å²) in [4.78, 5) is 34.8. The normalized spacial score (nSPS) is 18.4. The predicted octanol–water partition coefficient (Wildman–Crippen LogP) is 5.48.